The van der Waals surface area contributed by atoms with E-state index in [0.717, 1.165) is 5.69 Å². The molecule has 0 fully saturated rings. The van der Waals surface area contributed by atoms with Crippen molar-refractivity contribution in [3.8, 4) is 0 Å². The first kappa shape index (κ1) is 10.0. The van der Waals surface area contributed by atoms with Crippen LogP contribution >= 0.6 is 11.3 Å². The summed E-state index contributed by atoms with van der Waals surface area (Å²) in [5.74, 6) is 0.971. The fraction of sp³-hybridized carbons (Fsp3) is 0. The van der Waals surface area contributed by atoms with Gasteiger partial charge in [-0.25, -0.2) is 4.98 Å². The number of thiophene rings is 1. The molecule has 3 aromatic rings. The minimum atomic E-state index is 0.270. The van der Waals surface area contributed by atoms with Gasteiger partial charge in [0.15, 0.2) is 0 Å². The molecule has 17 heavy (non-hydrogen) atoms. The van der Waals surface area contributed by atoms with Crippen molar-refractivity contribution in [2.75, 3.05) is 11.1 Å². The Hall–Kier alpha value is -2.14. The second kappa shape index (κ2) is 4.03. The standard InChI is InChI=1S/C12H10N4S/c13-12-14-5-3-11(16-12)15-9-1-2-10-8(7-9)4-6-17-10/h1-7H,(H3,13,14,15,16). The Morgan fingerprint density at radius 1 is 1.18 bits per heavy atom. The molecule has 0 bridgehead atoms. The van der Waals surface area contributed by atoms with Crippen molar-refractivity contribution in [3.05, 3.63) is 41.9 Å². The molecule has 0 unspecified atom stereocenters. The molecule has 4 nitrogen and oxygen atoms in total. The second-order valence-electron chi connectivity index (χ2n) is 3.60. The lowest BCUT2D eigenvalue weighted by Gasteiger charge is -2.05. The van der Waals surface area contributed by atoms with Crippen LogP contribution in [0.15, 0.2) is 41.9 Å². The Balaban J connectivity index is 1.94. The number of nitrogens with two attached hydrogens (primary N) is 1. The largest absolute Gasteiger partial charge is 0.368 e. The molecule has 1 aromatic carbocycles. The summed E-state index contributed by atoms with van der Waals surface area (Å²) in [5, 5.41) is 6.50. The number of fused-ring (bicyclic) bond motifs is 1. The molecular formula is C12H10N4S. The summed E-state index contributed by atoms with van der Waals surface area (Å²) in [4.78, 5) is 7.95. The third kappa shape index (κ3) is 2.05. The van der Waals surface area contributed by atoms with Crippen LogP contribution in [0.4, 0.5) is 17.5 Å². The molecule has 0 aliphatic rings. The molecule has 3 N–H and O–H groups in total. The monoisotopic (exact) mass is 242 g/mol. The highest BCUT2D eigenvalue weighted by Gasteiger charge is 1.99. The minimum Gasteiger partial charge on any atom is -0.368 e. The molecule has 3 rings (SSSR count). The number of nitrogens with zero attached hydrogens (tertiary/aromatic N) is 2. The van der Waals surface area contributed by atoms with Crippen LogP contribution in [0.3, 0.4) is 0 Å². The molecule has 0 saturated carbocycles. The van der Waals surface area contributed by atoms with Crippen molar-refractivity contribution in [2.45, 2.75) is 0 Å². The van der Waals surface area contributed by atoms with Crippen molar-refractivity contribution >= 4 is 38.9 Å². The number of benzene rings is 1. The average Bonchev–Trinajstić information content (AvgIpc) is 2.76. The molecule has 2 heterocycles. The Morgan fingerprint density at radius 3 is 3.00 bits per heavy atom. The van der Waals surface area contributed by atoms with Crippen molar-refractivity contribution in [3.63, 3.8) is 0 Å². The topological polar surface area (TPSA) is 63.8 Å². The highest BCUT2D eigenvalue weighted by molar-refractivity contribution is 7.17. The number of hydrogen-bond donors (Lipinski definition) is 2. The maximum atomic E-state index is 5.53. The van der Waals surface area contributed by atoms with Gasteiger partial charge < -0.3 is 11.1 Å². The smallest absolute Gasteiger partial charge is 0.221 e. The zero-order chi connectivity index (χ0) is 11.7. The van der Waals surface area contributed by atoms with Crippen LogP contribution < -0.4 is 11.1 Å². The van der Waals surface area contributed by atoms with E-state index in [4.69, 9.17) is 5.73 Å². The minimum absolute atomic E-state index is 0.270. The van der Waals surface area contributed by atoms with E-state index < -0.39 is 0 Å². The highest BCUT2D eigenvalue weighted by atomic mass is 32.1. The first-order chi connectivity index (χ1) is 8.31. The van der Waals surface area contributed by atoms with E-state index in [0.29, 0.717) is 5.82 Å². The number of nitrogens with one attached hydrogen (secondary N) is 1. The molecular weight excluding hydrogens is 232 g/mol. The van der Waals surface area contributed by atoms with Gasteiger partial charge >= 0.3 is 0 Å². The van der Waals surface area contributed by atoms with Crippen molar-refractivity contribution < 1.29 is 0 Å². The summed E-state index contributed by atoms with van der Waals surface area (Å²) in [6, 6.07) is 10.1. The van der Waals surface area contributed by atoms with E-state index in [1.807, 2.05) is 6.07 Å². The van der Waals surface area contributed by atoms with Gasteiger partial charge in [0.05, 0.1) is 0 Å². The van der Waals surface area contributed by atoms with Gasteiger partial charge in [-0.1, -0.05) is 0 Å². The quantitative estimate of drug-likeness (QED) is 0.725. The predicted molar refractivity (Wildman–Crippen MR) is 71.6 cm³/mol. The van der Waals surface area contributed by atoms with Gasteiger partial charge in [0.2, 0.25) is 5.95 Å². The van der Waals surface area contributed by atoms with Gasteiger partial charge in [-0.3, -0.25) is 0 Å². The maximum absolute atomic E-state index is 5.53. The van der Waals surface area contributed by atoms with Gasteiger partial charge in [0.1, 0.15) is 5.82 Å². The van der Waals surface area contributed by atoms with Crippen LogP contribution in [0, 0.1) is 0 Å². The van der Waals surface area contributed by atoms with E-state index in [9.17, 15) is 0 Å². The fourth-order valence-corrected chi connectivity index (χ4v) is 2.41. The molecule has 2 aromatic heterocycles. The average molecular weight is 242 g/mol. The molecule has 0 atom stereocenters. The summed E-state index contributed by atoms with van der Waals surface area (Å²) in [6.45, 7) is 0. The highest BCUT2D eigenvalue weighted by Crippen LogP contribution is 2.25. The van der Waals surface area contributed by atoms with Gasteiger partial charge in [-0.2, -0.15) is 4.98 Å². The Labute approximate surface area is 102 Å². The number of nitrogen functional groups attached to an aromatic ring is 1. The molecule has 5 heteroatoms. The van der Waals surface area contributed by atoms with Crippen LogP contribution in [0.25, 0.3) is 10.1 Å². The molecule has 0 aliphatic heterocycles. The van der Waals surface area contributed by atoms with Crippen molar-refractivity contribution in [1.29, 1.82) is 0 Å². The van der Waals surface area contributed by atoms with Gasteiger partial charge in [-0.05, 0) is 41.1 Å². The van der Waals surface area contributed by atoms with E-state index in [-0.39, 0.29) is 5.95 Å². The molecule has 0 saturated heterocycles. The number of anilines is 3. The van der Waals surface area contributed by atoms with E-state index >= 15 is 0 Å². The van der Waals surface area contributed by atoms with Crippen LogP contribution in [-0.4, -0.2) is 9.97 Å². The number of hydrogen-bond acceptors (Lipinski definition) is 5. The first-order valence-electron chi connectivity index (χ1n) is 5.14. The Kier molecular flexibility index (Phi) is 2.38. The van der Waals surface area contributed by atoms with Crippen LogP contribution in [0.2, 0.25) is 0 Å². The van der Waals surface area contributed by atoms with E-state index in [1.54, 1.807) is 23.6 Å². The van der Waals surface area contributed by atoms with Gasteiger partial charge in [0.25, 0.3) is 0 Å². The van der Waals surface area contributed by atoms with Gasteiger partial charge in [0, 0.05) is 16.6 Å². The van der Waals surface area contributed by atoms with Gasteiger partial charge in [-0.15, -0.1) is 11.3 Å². The van der Waals surface area contributed by atoms with Crippen LogP contribution in [0.1, 0.15) is 0 Å². The molecule has 0 radical (unpaired) electrons. The van der Waals surface area contributed by atoms with Crippen LogP contribution in [0.5, 0.6) is 0 Å². The molecule has 0 spiro atoms. The fourth-order valence-electron chi connectivity index (χ4n) is 1.64. The molecule has 84 valence electrons. The Morgan fingerprint density at radius 2 is 2.12 bits per heavy atom. The summed E-state index contributed by atoms with van der Waals surface area (Å²) >= 11 is 1.73. The van der Waals surface area contributed by atoms with E-state index in [2.05, 4.69) is 38.9 Å². The van der Waals surface area contributed by atoms with Crippen molar-refractivity contribution in [2.24, 2.45) is 0 Å². The third-order valence-electron chi connectivity index (χ3n) is 2.40. The third-order valence-corrected chi connectivity index (χ3v) is 3.30. The second-order valence-corrected chi connectivity index (χ2v) is 4.55. The van der Waals surface area contributed by atoms with Crippen molar-refractivity contribution in [1.82, 2.24) is 9.97 Å². The lowest BCUT2D eigenvalue weighted by molar-refractivity contribution is 1.18. The maximum Gasteiger partial charge on any atom is 0.221 e. The Bertz CT molecular complexity index is 662. The zero-order valence-corrected chi connectivity index (χ0v) is 9.74. The summed E-state index contributed by atoms with van der Waals surface area (Å²) in [6.07, 6.45) is 1.63. The predicted octanol–water partition coefficient (Wildman–Crippen LogP) is 3.02. The number of rotatable bonds is 2. The zero-order valence-electron chi connectivity index (χ0n) is 8.92. The summed E-state index contributed by atoms with van der Waals surface area (Å²) in [7, 11) is 0. The summed E-state index contributed by atoms with van der Waals surface area (Å²) in [5.41, 5.74) is 6.52. The number of aromatic nitrogens is 2. The normalized spacial score (nSPS) is 10.6. The van der Waals surface area contributed by atoms with Crippen LogP contribution in [-0.2, 0) is 0 Å². The lowest BCUT2D eigenvalue weighted by atomic mass is 10.2. The molecule has 0 amide bonds. The lowest BCUT2D eigenvalue weighted by Crippen LogP contribution is -1.98. The molecule has 0 aliphatic carbocycles. The van der Waals surface area contributed by atoms with E-state index in [1.165, 1.54) is 10.1 Å². The SMILES string of the molecule is Nc1nccc(Nc2ccc3sccc3c2)n1. The first-order valence-corrected chi connectivity index (χ1v) is 6.02. The summed E-state index contributed by atoms with van der Waals surface area (Å²) < 4.78 is 1.28.